The number of hydrogen-bond donors (Lipinski definition) is 1. The van der Waals surface area contributed by atoms with E-state index in [9.17, 15) is 14.0 Å². The summed E-state index contributed by atoms with van der Waals surface area (Å²) in [5.41, 5.74) is 0.977. The summed E-state index contributed by atoms with van der Waals surface area (Å²) >= 11 is 0. The van der Waals surface area contributed by atoms with Crippen molar-refractivity contribution in [2.75, 3.05) is 58.3 Å². The Balaban J connectivity index is 1.40. The monoisotopic (exact) mass is 376 g/mol. The van der Waals surface area contributed by atoms with Gasteiger partial charge >= 0.3 is 0 Å². The van der Waals surface area contributed by atoms with E-state index in [0.29, 0.717) is 26.1 Å². The Labute approximate surface area is 160 Å². The molecule has 6 nitrogen and oxygen atoms in total. The van der Waals surface area contributed by atoms with Crippen molar-refractivity contribution in [1.29, 1.82) is 0 Å². The molecule has 0 radical (unpaired) electrons. The number of rotatable bonds is 7. The quantitative estimate of drug-likeness (QED) is 0.726. The fraction of sp³-hybridized carbons (Fsp3) is 0.600. The molecule has 2 amide bonds. The average Bonchev–Trinajstić information content (AvgIpc) is 3.46. The zero-order valence-electron chi connectivity index (χ0n) is 16.2. The fourth-order valence-electron chi connectivity index (χ4n) is 3.57. The minimum Gasteiger partial charge on any atom is -0.368 e. The second-order valence-electron chi connectivity index (χ2n) is 7.69. The van der Waals surface area contributed by atoms with Crippen LogP contribution in [0.3, 0.4) is 0 Å². The summed E-state index contributed by atoms with van der Waals surface area (Å²) in [6.07, 6.45) is 1.58. The highest BCUT2D eigenvalue weighted by molar-refractivity contribution is 5.92. The molecule has 1 aromatic rings. The molecule has 1 saturated carbocycles. The van der Waals surface area contributed by atoms with Crippen LogP contribution in [0.4, 0.5) is 10.1 Å². The molecule has 1 heterocycles. The van der Waals surface area contributed by atoms with Crippen LogP contribution in [0.5, 0.6) is 0 Å². The number of halogens is 1. The number of amides is 2. The standard InChI is InChI=1S/C20H29FN4O2/c1-23(2)9-3-8-22-19(26)17-14-18(17)20(27)25-12-10-24(11-13-25)16-6-4-15(21)5-7-16/h4-7,17-18H,3,8-14H2,1-2H3,(H,22,26). The number of anilines is 1. The maximum Gasteiger partial charge on any atom is 0.226 e. The molecular weight excluding hydrogens is 347 g/mol. The first-order valence-electron chi connectivity index (χ1n) is 9.67. The SMILES string of the molecule is CN(C)CCCNC(=O)C1CC1C(=O)N1CCN(c2ccc(F)cc2)CC1. The van der Waals surface area contributed by atoms with Gasteiger partial charge in [-0.2, -0.15) is 0 Å². The molecule has 1 aliphatic heterocycles. The predicted molar refractivity (Wildman–Crippen MR) is 103 cm³/mol. The summed E-state index contributed by atoms with van der Waals surface area (Å²) in [6.45, 7) is 4.33. The van der Waals surface area contributed by atoms with Crippen molar-refractivity contribution in [3.63, 3.8) is 0 Å². The van der Waals surface area contributed by atoms with Gasteiger partial charge in [0, 0.05) is 38.4 Å². The molecule has 148 valence electrons. The van der Waals surface area contributed by atoms with Crippen molar-refractivity contribution < 1.29 is 14.0 Å². The molecule has 0 aromatic heterocycles. The van der Waals surface area contributed by atoms with Gasteiger partial charge in [0.1, 0.15) is 5.82 Å². The van der Waals surface area contributed by atoms with Gasteiger partial charge < -0.3 is 20.0 Å². The molecule has 2 aliphatic rings. The summed E-state index contributed by atoms with van der Waals surface area (Å²) in [5, 5.41) is 2.95. The highest BCUT2D eigenvalue weighted by Crippen LogP contribution is 2.40. The lowest BCUT2D eigenvalue weighted by molar-refractivity contribution is -0.135. The summed E-state index contributed by atoms with van der Waals surface area (Å²) in [5.74, 6) is -0.449. The second-order valence-corrected chi connectivity index (χ2v) is 7.69. The minimum atomic E-state index is -0.243. The molecule has 2 atom stereocenters. The van der Waals surface area contributed by atoms with Crippen molar-refractivity contribution in [2.24, 2.45) is 11.8 Å². The lowest BCUT2D eigenvalue weighted by Gasteiger charge is -2.36. The van der Waals surface area contributed by atoms with Crippen molar-refractivity contribution >= 4 is 17.5 Å². The molecule has 0 bridgehead atoms. The Kier molecular flexibility index (Phi) is 6.31. The van der Waals surface area contributed by atoms with E-state index < -0.39 is 0 Å². The van der Waals surface area contributed by atoms with E-state index in [4.69, 9.17) is 0 Å². The van der Waals surface area contributed by atoms with Crippen LogP contribution in [0.15, 0.2) is 24.3 Å². The number of piperazine rings is 1. The zero-order chi connectivity index (χ0) is 19.4. The zero-order valence-corrected chi connectivity index (χ0v) is 16.2. The fourth-order valence-corrected chi connectivity index (χ4v) is 3.57. The summed E-state index contributed by atoms with van der Waals surface area (Å²) in [6, 6.07) is 6.45. The predicted octanol–water partition coefficient (Wildman–Crippen LogP) is 1.18. The summed E-state index contributed by atoms with van der Waals surface area (Å²) in [4.78, 5) is 30.9. The van der Waals surface area contributed by atoms with Gasteiger partial charge in [-0.3, -0.25) is 9.59 Å². The first-order valence-corrected chi connectivity index (χ1v) is 9.67. The van der Waals surface area contributed by atoms with E-state index >= 15 is 0 Å². The first-order chi connectivity index (χ1) is 13.0. The lowest BCUT2D eigenvalue weighted by atomic mass is 10.2. The van der Waals surface area contributed by atoms with E-state index in [1.807, 2.05) is 19.0 Å². The number of carbonyl (C=O) groups excluding carboxylic acids is 2. The molecule has 1 saturated heterocycles. The van der Waals surface area contributed by atoms with E-state index in [-0.39, 0.29) is 29.5 Å². The average molecular weight is 376 g/mol. The molecule has 7 heteroatoms. The molecule has 0 spiro atoms. The maximum atomic E-state index is 13.0. The minimum absolute atomic E-state index is 0.0112. The van der Waals surface area contributed by atoms with Crippen molar-refractivity contribution in [2.45, 2.75) is 12.8 Å². The van der Waals surface area contributed by atoms with Gasteiger partial charge in [0.05, 0.1) is 11.8 Å². The highest BCUT2D eigenvalue weighted by atomic mass is 19.1. The second kappa shape index (κ2) is 8.69. The van der Waals surface area contributed by atoms with E-state index in [0.717, 1.165) is 31.7 Å². The van der Waals surface area contributed by atoms with Gasteiger partial charge in [0.25, 0.3) is 0 Å². The first kappa shape index (κ1) is 19.6. The van der Waals surface area contributed by atoms with Crippen LogP contribution in [0.1, 0.15) is 12.8 Å². The molecule has 2 fully saturated rings. The van der Waals surface area contributed by atoms with Crippen LogP contribution in [0, 0.1) is 17.7 Å². The summed E-state index contributed by atoms with van der Waals surface area (Å²) < 4.78 is 13.0. The molecule has 1 N–H and O–H groups in total. The Morgan fingerprint density at radius 2 is 1.78 bits per heavy atom. The van der Waals surface area contributed by atoms with E-state index in [1.54, 1.807) is 12.1 Å². The Morgan fingerprint density at radius 3 is 2.41 bits per heavy atom. The molecule has 2 unspecified atom stereocenters. The molecule has 27 heavy (non-hydrogen) atoms. The molecule has 1 aromatic carbocycles. The van der Waals surface area contributed by atoms with Crippen LogP contribution < -0.4 is 10.2 Å². The molecular formula is C20H29FN4O2. The normalized spacial score (nSPS) is 22.1. The van der Waals surface area contributed by atoms with Crippen molar-refractivity contribution in [3.05, 3.63) is 30.1 Å². The smallest absolute Gasteiger partial charge is 0.226 e. The van der Waals surface area contributed by atoms with Crippen LogP contribution in [0.2, 0.25) is 0 Å². The van der Waals surface area contributed by atoms with Gasteiger partial charge in [0.15, 0.2) is 0 Å². The third-order valence-corrected chi connectivity index (χ3v) is 5.31. The molecule has 3 rings (SSSR count). The van der Waals surface area contributed by atoms with Crippen LogP contribution in [0.25, 0.3) is 0 Å². The van der Waals surface area contributed by atoms with Gasteiger partial charge in [-0.05, 0) is 57.7 Å². The number of nitrogens with one attached hydrogen (secondary N) is 1. The van der Waals surface area contributed by atoms with Gasteiger partial charge in [-0.25, -0.2) is 4.39 Å². The van der Waals surface area contributed by atoms with Gasteiger partial charge in [-0.15, -0.1) is 0 Å². The third kappa shape index (κ3) is 5.19. The van der Waals surface area contributed by atoms with Crippen molar-refractivity contribution in [3.8, 4) is 0 Å². The molecule has 1 aliphatic carbocycles. The van der Waals surface area contributed by atoms with Gasteiger partial charge in [-0.1, -0.05) is 0 Å². The topological polar surface area (TPSA) is 55.9 Å². The number of hydrogen-bond acceptors (Lipinski definition) is 4. The van der Waals surface area contributed by atoms with E-state index in [1.165, 1.54) is 12.1 Å². The Hall–Kier alpha value is -2.15. The van der Waals surface area contributed by atoms with E-state index in [2.05, 4.69) is 15.1 Å². The van der Waals surface area contributed by atoms with Gasteiger partial charge in [0.2, 0.25) is 11.8 Å². The number of carbonyl (C=O) groups is 2. The van der Waals surface area contributed by atoms with Crippen LogP contribution in [-0.4, -0.2) is 75.0 Å². The summed E-state index contributed by atoms with van der Waals surface area (Å²) in [7, 11) is 4.01. The Bertz CT molecular complexity index is 656. The lowest BCUT2D eigenvalue weighted by Crippen LogP contribution is -2.49. The van der Waals surface area contributed by atoms with Crippen LogP contribution in [-0.2, 0) is 9.59 Å². The highest BCUT2D eigenvalue weighted by Gasteiger charge is 2.49. The Morgan fingerprint density at radius 1 is 1.11 bits per heavy atom. The number of benzene rings is 1. The third-order valence-electron chi connectivity index (χ3n) is 5.31. The van der Waals surface area contributed by atoms with Crippen molar-refractivity contribution in [1.82, 2.24) is 15.1 Å². The maximum absolute atomic E-state index is 13.0. The number of nitrogens with zero attached hydrogens (tertiary/aromatic N) is 3. The largest absolute Gasteiger partial charge is 0.368 e. The van der Waals surface area contributed by atoms with Crippen LogP contribution >= 0.6 is 0 Å².